The predicted octanol–water partition coefficient (Wildman–Crippen LogP) is 1.20. The number of carbonyl (C=O) groups is 1. The van der Waals surface area contributed by atoms with Crippen molar-refractivity contribution in [1.29, 1.82) is 0 Å². The van der Waals surface area contributed by atoms with Crippen molar-refractivity contribution >= 4 is 22.6 Å². The van der Waals surface area contributed by atoms with Crippen molar-refractivity contribution in [2.45, 2.75) is 19.3 Å². The minimum absolute atomic E-state index is 0.0494. The number of aromatic amines is 2. The second-order valence-corrected chi connectivity index (χ2v) is 6.08. The van der Waals surface area contributed by atoms with E-state index >= 15 is 0 Å². The first kappa shape index (κ1) is 12.4. The number of H-pyrrole nitrogens is 2. The SMILES string of the molecule is O=C(Nc1ccc2[nH]c(=O)c(=O)[nH]c2c1)C1CC2CC2C1. The zero-order valence-electron chi connectivity index (χ0n) is 11.3. The van der Waals surface area contributed by atoms with Gasteiger partial charge in [-0.1, -0.05) is 0 Å². The Bertz CT molecular complexity index is 841. The van der Waals surface area contributed by atoms with Crippen molar-refractivity contribution in [1.82, 2.24) is 9.97 Å². The molecule has 1 aromatic carbocycles. The highest BCUT2D eigenvalue weighted by Gasteiger charge is 2.47. The number of benzene rings is 1. The van der Waals surface area contributed by atoms with Gasteiger partial charge < -0.3 is 15.3 Å². The van der Waals surface area contributed by atoms with Gasteiger partial charge in [-0.15, -0.1) is 0 Å². The van der Waals surface area contributed by atoms with Crippen LogP contribution in [0.1, 0.15) is 19.3 Å². The number of amides is 1. The van der Waals surface area contributed by atoms with Gasteiger partial charge in [-0.2, -0.15) is 0 Å². The van der Waals surface area contributed by atoms with Gasteiger partial charge in [0.2, 0.25) is 5.91 Å². The summed E-state index contributed by atoms with van der Waals surface area (Å²) in [5, 5.41) is 2.90. The van der Waals surface area contributed by atoms with Crippen molar-refractivity contribution in [2.24, 2.45) is 17.8 Å². The van der Waals surface area contributed by atoms with E-state index in [2.05, 4.69) is 15.3 Å². The number of aromatic nitrogens is 2. The van der Waals surface area contributed by atoms with Gasteiger partial charge >= 0.3 is 11.1 Å². The van der Waals surface area contributed by atoms with Gasteiger partial charge in [-0.3, -0.25) is 14.4 Å². The van der Waals surface area contributed by atoms with Crippen LogP contribution in [0.15, 0.2) is 27.8 Å². The van der Waals surface area contributed by atoms with E-state index in [0.717, 1.165) is 24.7 Å². The molecule has 0 aliphatic heterocycles. The van der Waals surface area contributed by atoms with E-state index in [9.17, 15) is 14.4 Å². The molecule has 2 unspecified atom stereocenters. The molecule has 4 rings (SSSR count). The van der Waals surface area contributed by atoms with Gasteiger partial charge in [0.05, 0.1) is 11.0 Å². The molecule has 2 aliphatic carbocycles. The molecule has 0 saturated heterocycles. The van der Waals surface area contributed by atoms with E-state index in [0.29, 0.717) is 16.7 Å². The molecule has 1 heterocycles. The molecule has 2 aromatic rings. The Morgan fingerprint density at radius 2 is 1.67 bits per heavy atom. The van der Waals surface area contributed by atoms with Crippen LogP contribution in [0.4, 0.5) is 5.69 Å². The van der Waals surface area contributed by atoms with Crippen LogP contribution in [0.25, 0.3) is 11.0 Å². The van der Waals surface area contributed by atoms with Gasteiger partial charge in [-0.05, 0) is 49.3 Å². The van der Waals surface area contributed by atoms with Crippen LogP contribution in [0, 0.1) is 17.8 Å². The molecule has 21 heavy (non-hydrogen) atoms. The topological polar surface area (TPSA) is 94.8 Å². The van der Waals surface area contributed by atoms with Gasteiger partial charge in [-0.25, -0.2) is 0 Å². The number of rotatable bonds is 2. The maximum Gasteiger partial charge on any atom is 0.314 e. The fourth-order valence-electron chi connectivity index (χ4n) is 3.37. The quantitative estimate of drug-likeness (QED) is 0.724. The highest BCUT2D eigenvalue weighted by molar-refractivity contribution is 5.94. The third-order valence-corrected chi connectivity index (χ3v) is 4.60. The van der Waals surface area contributed by atoms with E-state index in [1.807, 2.05) is 0 Å². The van der Waals surface area contributed by atoms with Crippen LogP contribution in [0.2, 0.25) is 0 Å². The molecule has 108 valence electrons. The Morgan fingerprint density at radius 1 is 1.00 bits per heavy atom. The summed E-state index contributed by atoms with van der Waals surface area (Å²) in [5.41, 5.74) is 0.313. The van der Waals surface area contributed by atoms with Crippen LogP contribution in [0.3, 0.4) is 0 Å². The smallest absolute Gasteiger partial charge is 0.314 e. The summed E-state index contributed by atoms with van der Waals surface area (Å²) in [6.07, 6.45) is 3.27. The molecule has 2 atom stereocenters. The van der Waals surface area contributed by atoms with E-state index in [1.165, 1.54) is 6.42 Å². The van der Waals surface area contributed by atoms with E-state index in [-0.39, 0.29) is 11.8 Å². The number of carbonyl (C=O) groups excluding carboxylic acids is 1. The van der Waals surface area contributed by atoms with Crippen molar-refractivity contribution < 1.29 is 4.79 Å². The summed E-state index contributed by atoms with van der Waals surface area (Å²) in [7, 11) is 0. The Hall–Kier alpha value is -2.37. The molecule has 2 aliphatic rings. The van der Waals surface area contributed by atoms with E-state index in [4.69, 9.17) is 0 Å². The molecule has 0 bridgehead atoms. The first-order chi connectivity index (χ1) is 10.1. The number of anilines is 1. The average molecular weight is 285 g/mol. The van der Waals surface area contributed by atoms with Gasteiger partial charge in [0.1, 0.15) is 0 Å². The van der Waals surface area contributed by atoms with Gasteiger partial charge in [0.15, 0.2) is 0 Å². The Kier molecular flexibility index (Phi) is 2.54. The second-order valence-electron chi connectivity index (χ2n) is 6.08. The largest absolute Gasteiger partial charge is 0.326 e. The monoisotopic (exact) mass is 285 g/mol. The second kappa shape index (κ2) is 4.31. The third-order valence-electron chi connectivity index (χ3n) is 4.60. The lowest BCUT2D eigenvalue weighted by Crippen LogP contribution is -2.29. The van der Waals surface area contributed by atoms with Crippen LogP contribution in [0.5, 0.6) is 0 Å². The minimum Gasteiger partial charge on any atom is -0.326 e. The molecule has 1 amide bonds. The number of nitrogens with one attached hydrogen (secondary N) is 3. The first-order valence-electron chi connectivity index (χ1n) is 7.17. The Balaban J connectivity index is 1.58. The van der Waals surface area contributed by atoms with Crippen molar-refractivity contribution in [3.63, 3.8) is 0 Å². The minimum atomic E-state index is -0.693. The molecule has 6 heteroatoms. The lowest BCUT2D eigenvalue weighted by atomic mass is 10.0. The van der Waals surface area contributed by atoms with Crippen molar-refractivity contribution in [2.75, 3.05) is 5.32 Å². The summed E-state index contributed by atoms with van der Waals surface area (Å²) in [6.45, 7) is 0. The molecular weight excluding hydrogens is 270 g/mol. The molecule has 6 nitrogen and oxygen atoms in total. The van der Waals surface area contributed by atoms with Crippen LogP contribution in [-0.4, -0.2) is 15.9 Å². The molecule has 0 spiro atoms. The summed E-state index contributed by atoms with van der Waals surface area (Å²) in [5.74, 6) is 1.69. The highest BCUT2D eigenvalue weighted by atomic mass is 16.2. The average Bonchev–Trinajstić information content (AvgIpc) is 3.06. The van der Waals surface area contributed by atoms with E-state index in [1.54, 1.807) is 18.2 Å². The van der Waals surface area contributed by atoms with Crippen LogP contribution >= 0.6 is 0 Å². The zero-order valence-corrected chi connectivity index (χ0v) is 11.3. The van der Waals surface area contributed by atoms with Crippen molar-refractivity contribution in [3.05, 3.63) is 38.9 Å². The zero-order chi connectivity index (χ0) is 14.6. The maximum atomic E-state index is 12.2. The first-order valence-corrected chi connectivity index (χ1v) is 7.17. The molecule has 3 N–H and O–H groups in total. The molecule has 2 saturated carbocycles. The van der Waals surface area contributed by atoms with Crippen LogP contribution in [-0.2, 0) is 4.79 Å². The number of hydrogen-bond donors (Lipinski definition) is 3. The lowest BCUT2D eigenvalue weighted by Gasteiger charge is -2.12. The van der Waals surface area contributed by atoms with Gasteiger partial charge in [0, 0.05) is 11.6 Å². The van der Waals surface area contributed by atoms with Gasteiger partial charge in [0.25, 0.3) is 0 Å². The summed E-state index contributed by atoms with van der Waals surface area (Å²) < 4.78 is 0. The van der Waals surface area contributed by atoms with E-state index < -0.39 is 11.1 Å². The third kappa shape index (κ3) is 2.16. The number of hydrogen-bond acceptors (Lipinski definition) is 3. The molecular formula is C15H15N3O3. The normalized spacial score (nSPS) is 26.6. The fraction of sp³-hybridized carbons (Fsp3) is 0.400. The lowest BCUT2D eigenvalue weighted by molar-refractivity contribution is -0.120. The Labute approximate surface area is 119 Å². The fourth-order valence-corrected chi connectivity index (χ4v) is 3.37. The molecule has 0 radical (unpaired) electrons. The van der Waals surface area contributed by atoms with Crippen molar-refractivity contribution in [3.8, 4) is 0 Å². The number of fused-ring (bicyclic) bond motifs is 2. The molecule has 2 fully saturated rings. The standard InChI is InChI=1S/C15H15N3O3/c19-13(9-4-7-3-8(7)5-9)16-10-1-2-11-12(6-10)18-15(21)14(20)17-11/h1-2,6-9H,3-5H2,(H,16,19)(H,17,20)(H,18,21). The van der Waals surface area contributed by atoms with Crippen LogP contribution < -0.4 is 16.4 Å². The Morgan fingerprint density at radius 3 is 2.38 bits per heavy atom. The molecule has 1 aromatic heterocycles. The summed E-state index contributed by atoms with van der Waals surface area (Å²) in [6, 6.07) is 5.07. The maximum absolute atomic E-state index is 12.2. The predicted molar refractivity (Wildman–Crippen MR) is 78.1 cm³/mol. The highest BCUT2D eigenvalue weighted by Crippen LogP contribution is 2.54. The summed E-state index contributed by atoms with van der Waals surface area (Å²) >= 11 is 0. The summed E-state index contributed by atoms with van der Waals surface area (Å²) in [4.78, 5) is 39.8.